The van der Waals surface area contributed by atoms with Crippen LogP contribution in [0.25, 0.3) is 34.1 Å². The van der Waals surface area contributed by atoms with Gasteiger partial charge in [0.05, 0.1) is 6.61 Å². The molecule has 2 aromatic carbocycles. The van der Waals surface area contributed by atoms with Crippen molar-refractivity contribution in [3.05, 3.63) is 45.1 Å². The first-order valence-electron chi connectivity index (χ1n) is 13.5. The van der Waals surface area contributed by atoms with Crippen LogP contribution in [-0.4, -0.2) is 24.6 Å². The third kappa shape index (κ3) is 4.84. The molecule has 196 valence electrons. The Morgan fingerprint density at radius 2 is 1.92 bits per heavy atom. The van der Waals surface area contributed by atoms with Gasteiger partial charge < -0.3 is 9.47 Å². The summed E-state index contributed by atoms with van der Waals surface area (Å²) in [6.45, 7) is 8.57. The minimum atomic E-state index is -0.657. The van der Waals surface area contributed by atoms with Crippen molar-refractivity contribution in [1.29, 1.82) is 10.5 Å². The molecule has 1 aliphatic carbocycles. The highest BCUT2D eigenvalue weighted by Crippen LogP contribution is 2.34. The van der Waals surface area contributed by atoms with Gasteiger partial charge in [-0.1, -0.05) is 77.0 Å². The van der Waals surface area contributed by atoms with Crippen LogP contribution in [0, 0.1) is 34.0 Å². The summed E-state index contributed by atoms with van der Waals surface area (Å²) in [5.41, 5.74) is -0.712. The second kappa shape index (κ2) is 11.2. The van der Waals surface area contributed by atoms with Gasteiger partial charge >= 0.3 is 11.9 Å². The maximum atomic E-state index is 13.3. The van der Waals surface area contributed by atoms with Gasteiger partial charge in [-0.05, 0) is 52.8 Å². The van der Waals surface area contributed by atoms with Crippen molar-refractivity contribution in [1.82, 2.24) is 0 Å². The first-order valence-corrected chi connectivity index (χ1v) is 13.5. The summed E-state index contributed by atoms with van der Waals surface area (Å²) in [6.07, 6.45) is 8.59. The Bertz CT molecular complexity index is 1620. The standard InChI is InChI=1S/C32H34N2O4/c1-5-20(3)11-9-10-16-37-30(35)25(18-33)29-22-13-8-7-12-21(22)28-23-14-15-32(4,17-24(23)29)27(6-2)38-31(36)26(28)19-34/h7-8,12-14,17,20,27H,5-6,9-11,15-16H2,1-4H3/b28-26-,29-25+. The highest BCUT2D eigenvalue weighted by Gasteiger charge is 2.37. The van der Waals surface area contributed by atoms with Crippen molar-refractivity contribution < 1.29 is 19.1 Å². The Morgan fingerprint density at radius 1 is 1.18 bits per heavy atom. The summed E-state index contributed by atoms with van der Waals surface area (Å²) >= 11 is 0. The normalized spacial score (nSPS) is 22.9. The van der Waals surface area contributed by atoms with Crippen LogP contribution in [0.5, 0.6) is 0 Å². The zero-order chi connectivity index (χ0) is 27.4. The van der Waals surface area contributed by atoms with Crippen LogP contribution in [0.1, 0.15) is 66.2 Å². The van der Waals surface area contributed by atoms with Gasteiger partial charge in [-0.15, -0.1) is 0 Å². The summed E-state index contributed by atoms with van der Waals surface area (Å²) < 4.78 is 11.5. The number of carbonyl (C=O) groups is 2. The van der Waals surface area contributed by atoms with Gasteiger partial charge in [0.25, 0.3) is 0 Å². The average molecular weight is 511 g/mol. The van der Waals surface area contributed by atoms with Crippen LogP contribution in [0.3, 0.4) is 0 Å². The molecule has 6 nitrogen and oxygen atoms in total. The second-order valence-electron chi connectivity index (χ2n) is 10.6. The van der Waals surface area contributed by atoms with Crippen molar-refractivity contribution in [2.24, 2.45) is 11.3 Å². The topological polar surface area (TPSA) is 100 Å². The summed E-state index contributed by atoms with van der Waals surface area (Å²) in [7, 11) is 0. The van der Waals surface area contributed by atoms with Gasteiger partial charge in [-0.2, -0.15) is 10.5 Å². The van der Waals surface area contributed by atoms with Gasteiger partial charge in [-0.25, -0.2) is 9.59 Å². The fraction of sp³-hybridized carbons (Fsp3) is 0.438. The van der Waals surface area contributed by atoms with E-state index in [9.17, 15) is 20.1 Å². The number of unbranched alkanes of at least 4 members (excludes halogenated alkanes) is 1. The monoisotopic (exact) mass is 510 g/mol. The Morgan fingerprint density at radius 3 is 2.58 bits per heavy atom. The van der Waals surface area contributed by atoms with Crippen LogP contribution in [-0.2, 0) is 19.1 Å². The van der Waals surface area contributed by atoms with Gasteiger partial charge in [-0.3, -0.25) is 0 Å². The fourth-order valence-electron chi connectivity index (χ4n) is 5.63. The van der Waals surface area contributed by atoms with E-state index < -0.39 is 23.5 Å². The number of benzene rings is 2. The van der Waals surface area contributed by atoms with Crippen molar-refractivity contribution in [2.45, 2.75) is 72.3 Å². The molecule has 2 heterocycles. The maximum Gasteiger partial charge on any atom is 0.349 e. The molecule has 38 heavy (non-hydrogen) atoms. The molecular formula is C32H34N2O4. The molecule has 6 heteroatoms. The van der Waals surface area contributed by atoms with Gasteiger partial charge in [0, 0.05) is 15.9 Å². The molecular weight excluding hydrogens is 476 g/mol. The SMILES string of the molecule is CCC(C)CCCCOC(=O)/C(C#N)=c1/c2c3/c(c4ccccc14)=C(/C#N)C(=O)OC(CC)C(C)(C=2)CC=3. The predicted octanol–water partition coefficient (Wildman–Crippen LogP) is 3.25. The molecule has 3 unspecified atom stereocenters. The van der Waals surface area contributed by atoms with E-state index in [1.54, 1.807) is 0 Å². The number of hydrogen-bond acceptors (Lipinski definition) is 6. The number of nitrogens with zero attached hydrogens (tertiary/aromatic N) is 2. The molecule has 2 aromatic rings. The molecule has 0 radical (unpaired) electrons. The molecule has 2 aliphatic heterocycles. The van der Waals surface area contributed by atoms with Crippen LogP contribution in [0.4, 0.5) is 0 Å². The molecule has 3 atom stereocenters. The first kappa shape index (κ1) is 27.1. The quantitative estimate of drug-likeness (QED) is 0.399. The van der Waals surface area contributed by atoms with Gasteiger partial charge in [0.15, 0.2) is 0 Å². The van der Waals surface area contributed by atoms with Crippen molar-refractivity contribution in [2.75, 3.05) is 6.61 Å². The van der Waals surface area contributed by atoms with Crippen molar-refractivity contribution >= 4 is 46.0 Å². The highest BCUT2D eigenvalue weighted by atomic mass is 16.5. The van der Waals surface area contributed by atoms with E-state index in [0.29, 0.717) is 50.4 Å². The Balaban J connectivity index is 2.02. The summed E-state index contributed by atoms with van der Waals surface area (Å²) in [6, 6.07) is 11.5. The molecule has 0 saturated carbocycles. The summed E-state index contributed by atoms with van der Waals surface area (Å²) in [5.74, 6) is -0.678. The fourth-order valence-corrected chi connectivity index (χ4v) is 5.63. The Kier molecular flexibility index (Phi) is 8.02. The van der Waals surface area contributed by atoms with Crippen LogP contribution in [0.2, 0.25) is 0 Å². The van der Waals surface area contributed by atoms with E-state index in [0.717, 1.165) is 25.7 Å². The lowest BCUT2D eigenvalue weighted by Crippen LogP contribution is -2.54. The molecule has 0 amide bonds. The van der Waals surface area contributed by atoms with E-state index in [1.165, 1.54) is 0 Å². The Labute approximate surface area is 223 Å². The lowest BCUT2D eigenvalue weighted by molar-refractivity contribution is -0.146. The third-order valence-electron chi connectivity index (χ3n) is 8.02. The first-order chi connectivity index (χ1) is 18.3. The minimum Gasteiger partial charge on any atom is -0.462 e. The molecule has 4 bridgehead atoms. The third-order valence-corrected chi connectivity index (χ3v) is 8.02. The van der Waals surface area contributed by atoms with E-state index >= 15 is 0 Å². The number of ether oxygens (including phenoxy) is 2. The number of nitriles is 2. The van der Waals surface area contributed by atoms with Crippen LogP contribution < -0.4 is 20.9 Å². The van der Waals surface area contributed by atoms with E-state index in [-0.39, 0.29) is 17.8 Å². The Hall–Kier alpha value is -3.90. The smallest absolute Gasteiger partial charge is 0.349 e. The lowest BCUT2D eigenvalue weighted by Gasteiger charge is -2.34. The highest BCUT2D eigenvalue weighted by molar-refractivity contribution is 6.19. The second-order valence-corrected chi connectivity index (χ2v) is 10.6. The van der Waals surface area contributed by atoms with Crippen LogP contribution >= 0.6 is 0 Å². The number of carbonyl (C=O) groups excluding carboxylic acids is 2. The largest absolute Gasteiger partial charge is 0.462 e. The number of rotatable bonds is 8. The molecule has 5 rings (SSSR count). The molecule has 3 aliphatic rings. The number of fused-ring (bicyclic) bond motifs is 5. The maximum absolute atomic E-state index is 13.3. The molecule has 0 aromatic heterocycles. The van der Waals surface area contributed by atoms with Crippen molar-refractivity contribution in [3.8, 4) is 12.1 Å². The van der Waals surface area contributed by atoms with Crippen LogP contribution in [0.15, 0.2) is 24.3 Å². The lowest BCUT2D eigenvalue weighted by atomic mass is 9.75. The minimum absolute atomic E-state index is 0.0689. The zero-order valence-corrected chi connectivity index (χ0v) is 22.6. The number of esters is 2. The average Bonchev–Trinajstić information content (AvgIpc) is 2.98. The van der Waals surface area contributed by atoms with E-state index in [1.807, 2.05) is 50.3 Å². The summed E-state index contributed by atoms with van der Waals surface area (Å²) in [4.78, 5) is 26.5. The number of hydrogen-bond donors (Lipinski definition) is 0. The van der Waals surface area contributed by atoms with E-state index in [2.05, 4.69) is 26.0 Å². The molecule has 0 spiro atoms. The molecule has 0 fully saturated rings. The predicted molar refractivity (Wildman–Crippen MR) is 147 cm³/mol. The van der Waals surface area contributed by atoms with E-state index in [4.69, 9.17) is 9.47 Å². The van der Waals surface area contributed by atoms with Gasteiger partial charge in [0.2, 0.25) is 0 Å². The van der Waals surface area contributed by atoms with Gasteiger partial charge in [0.1, 0.15) is 29.4 Å². The molecule has 0 saturated heterocycles. The van der Waals surface area contributed by atoms with Crippen molar-refractivity contribution in [3.63, 3.8) is 0 Å². The zero-order valence-electron chi connectivity index (χ0n) is 22.6. The molecule has 0 N–H and O–H groups in total. The summed E-state index contributed by atoms with van der Waals surface area (Å²) in [5, 5.41) is 23.8.